The number of nitrogens with one attached hydrogen (secondary N) is 1. The molecule has 0 aromatic carbocycles. The Morgan fingerprint density at radius 1 is 1.67 bits per heavy atom. The van der Waals surface area contributed by atoms with E-state index in [2.05, 4.69) is 10.3 Å². The van der Waals surface area contributed by atoms with Crippen molar-refractivity contribution in [2.75, 3.05) is 31.6 Å². The Hall–Kier alpha value is -2.13. The van der Waals surface area contributed by atoms with Crippen molar-refractivity contribution in [3.8, 4) is 6.07 Å². The van der Waals surface area contributed by atoms with E-state index < -0.39 is 0 Å². The van der Waals surface area contributed by atoms with Gasteiger partial charge in [-0.2, -0.15) is 5.26 Å². The molecule has 0 radical (unpaired) electrons. The first-order chi connectivity index (χ1) is 8.74. The van der Waals surface area contributed by atoms with E-state index in [1.807, 2.05) is 11.0 Å². The first-order valence-electron chi connectivity index (χ1n) is 5.67. The van der Waals surface area contributed by atoms with Crippen LogP contribution in [0.1, 0.15) is 5.56 Å². The summed E-state index contributed by atoms with van der Waals surface area (Å²) < 4.78 is 4.72. The molecule has 1 aromatic rings. The van der Waals surface area contributed by atoms with Gasteiger partial charge in [0.25, 0.3) is 0 Å². The maximum absolute atomic E-state index is 11.5. The lowest BCUT2D eigenvalue weighted by molar-refractivity contribution is -0.143. The van der Waals surface area contributed by atoms with Crippen LogP contribution < -0.4 is 10.2 Å². The predicted octanol–water partition coefficient (Wildman–Crippen LogP) is -0.0955. The van der Waals surface area contributed by atoms with Gasteiger partial charge in [-0.1, -0.05) is 0 Å². The summed E-state index contributed by atoms with van der Waals surface area (Å²) in [6.07, 6.45) is 1.53. The standard InChI is InChI=1S/C12H14N4O2/c1-18-12(17)10-8-16(5-4-14-10)11-3-2-9(6-13)7-15-11/h2-3,7,10,14H,4-5,8H2,1H3. The summed E-state index contributed by atoms with van der Waals surface area (Å²) in [5.74, 6) is 0.498. The van der Waals surface area contributed by atoms with Gasteiger partial charge in [-0.15, -0.1) is 0 Å². The monoisotopic (exact) mass is 246 g/mol. The molecule has 1 unspecified atom stereocenters. The molecule has 0 saturated carbocycles. The highest BCUT2D eigenvalue weighted by atomic mass is 16.5. The van der Waals surface area contributed by atoms with Gasteiger partial charge in [0.2, 0.25) is 0 Å². The Morgan fingerprint density at radius 3 is 3.11 bits per heavy atom. The van der Waals surface area contributed by atoms with E-state index >= 15 is 0 Å². The zero-order valence-electron chi connectivity index (χ0n) is 10.1. The molecule has 1 aromatic heterocycles. The topological polar surface area (TPSA) is 78.2 Å². The number of pyridine rings is 1. The minimum atomic E-state index is -0.332. The van der Waals surface area contributed by atoms with Gasteiger partial charge in [0.1, 0.15) is 17.9 Å². The van der Waals surface area contributed by atoms with E-state index in [9.17, 15) is 4.79 Å². The van der Waals surface area contributed by atoms with Crippen molar-refractivity contribution in [1.82, 2.24) is 10.3 Å². The van der Waals surface area contributed by atoms with Gasteiger partial charge in [-0.25, -0.2) is 4.98 Å². The van der Waals surface area contributed by atoms with Crippen LogP contribution in [0.4, 0.5) is 5.82 Å². The van der Waals surface area contributed by atoms with Crippen LogP contribution >= 0.6 is 0 Å². The minimum Gasteiger partial charge on any atom is -0.468 e. The highest BCUT2D eigenvalue weighted by molar-refractivity contribution is 5.76. The van der Waals surface area contributed by atoms with Crippen molar-refractivity contribution < 1.29 is 9.53 Å². The van der Waals surface area contributed by atoms with Gasteiger partial charge in [-0.3, -0.25) is 4.79 Å². The van der Waals surface area contributed by atoms with Crippen molar-refractivity contribution in [2.24, 2.45) is 0 Å². The lowest BCUT2D eigenvalue weighted by Crippen LogP contribution is -2.54. The van der Waals surface area contributed by atoms with E-state index in [0.717, 1.165) is 12.4 Å². The number of nitrogens with zero attached hydrogens (tertiary/aromatic N) is 3. The number of rotatable bonds is 2. The van der Waals surface area contributed by atoms with Crippen LogP contribution in [0.15, 0.2) is 18.3 Å². The van der Waals surface area contributed by atoms with E-state index in [0.29, 0.717) is 18.7 Å². The molecular formula is C12H14N4O2. The average molecular weight is 246 g/mol. The second kappa shape index (κ2) is 5.47. The van der Waals surface area contributed by atoms with Crippen molar-refractivity contribution in [2.45, 2.75) is 6.04 Å². The van der Waals surface area contributed by atoms with Crippen LogP contribution in [0.5, 0.6) is 0 Å². The minimum absolute atomic E-state index is 0.270. The van der Waals surface area contributed by atoms with E-state index in [1.165, 1.54) is 13.3 Å². The van der Waals surface area contributed by atoms with Gasteiger partial charge in [0.15, 0.2) is 0 Å². The Balaban J connectivity index is 2.08. The van der Waals surface area contributed by atoms with Gasteiger partial charge in [-0.05, 0) is 12.1 Å². The molecule has 2 heterocycles. The summed E-state index contributed by atoms with van der Waals surface area (Å²) in [6.45, 7) is 1.99. The molecule has 0 amide bonds. The molecule has 0 aliphatic carbocycles. The molecule has 6 nitrogen and oxygen atoms in total. The number of anilines is 1. The Labute approximate surface area is 105 Å². The predicted molar refractivity (Wildman–Crippen MR) is 65.0 cm³/mol. The van der Waals surface area contributed by atoms with E-state index in [1.54, 1.807) is 12.1 Å². The number of methoxy groups -OCH3 is 1. The number of aromatic nitrogens is 1. The van der Waals surface area contributed by atoms with Crippen LogP contribution in [-0.2, 0) is 9.53 Å². The van der Waals surface area contributed by atoms with Crippen molar-refractivity contribution >= 4 is 11.8 Å². The van der Waals surface area contributed by atoms with Crippen LogP contribution in [-0.4, -0.2) is 43.7 Å². The van der Waals surface area contributed by atoms with Crippen LogP contribution in [0.3, 0.4) is 0 Å². The Morgan fingerprint density at radius 2 is 2.50 bits per heavy atom. The summed E-state index contributed by atoms with van der Waals surface area (Å²) in [5.41, 5.74) is 0.526. The molecule has 1 aliphatic rings. The quantitative estimate of drug-likeness (QED) is 0.734. The molecule has 0 spiro atoms. The first-order valence-corrected chi connectivity index (χ1v) is 5.67. The third-order valence-corrected chi connectivity index (χ3v) is 2.86. The number of nitriles is 1. The second-order valence-electron chi connectivity index (χ2n) is 3.99. The second-order valence-corrected chi connectivity index (χ2v) is 3.99. The fraction of sp³-hybridized carbons (Fsp3) is 0.417. The molecule has 0 bridgehead atoms. The Kier molecular flexibility index (Phi) is 3.75. The number of hydrogen-bond acceptors (Lipinski definition) is 6. The third-order valence-electron chi connectivity index (χ3n) is 2.86. The van der Waals surface area contributed by atoms with Gasteiger partial charge < -0.3 is 15.0 Å². The number of carbonyl (C=O) groups is 1. The van der Waals surface area contributed by atoms with Gasteiger partial charge in [0, 0.05) is 25.8 Å². The fourth-order valence-corrected chi connectivity index (χ4v) is 1.90. The lowest BCUT2D eigenvalue weighted by atomic mass is 10.2. The number of hydrogen-bond donors (Lipinski definition) is 1. The maximum Gasteiger partial charge on any atom is 0.324 e. The lowest BCUT2D eigenvalue weighted by Gasteiger charge is -2.32. The molecule has 1 N–H and O–H groups in total. The molecular weight excluding hydrogens is 232 g/mol. The zero-order valence-corrected chi connectivity index (χ0v) is 10.1. The normalized spacial score (nSPS) is 19.1. The van der Waals surface area contributed by atoms with E-state index in [4.69, 9.17) is 10.00 Å². The molecule has 94 valence electrons. The summed E-state index contributed by atoms with van der Waals surface area (Å²) >= 11 is 0. The molecule has 18 heavy (non-hydrogen) atoms. The molecule has 2 rings (SSSR count). The maximum atomic E-state index is 11.5. The number of esters is 1. The molecule has 1 fully saturated rings. The Bertz CT molecular complexity index is 466. The van der Waals surface area contributed by atoms with Crippen molar-refractivity contribution in [1.29, 1.82) is 5.26 Å². The third kappa shape index (κ3) is 2.57. The SMILES string of the molecule is COC(=O)C1CN(c2ccc(C#N)cn2)CCN1. The van der Waals surface area contributed by atoms with Gasteiger partial charge in [0.05, 0.1) is 12.7 Å². The fourth-order valence-electron chi connectivity index (χ4n) is 1.90. The average Bonchev–Trinajstić information content (AvgIpc) is 2.46. The summed E-state index contributed by atoms with van der Waals surface area (Å²) in [6, 6.07) is 5.20. The highest BCUT2D eigenvalue weighted by Crippen LogP contribution is 2.13. The molecule has 6 heteroatoms. The van der Waals surface area contributed by atoms with Crippen molar-refractivity contribution in [3.05, 3.63) is 23.9 Å². The molecule has 1 atom stereocenters. The smallest absolute Gasteiger partial charge is 0.324 e. The van der Waals surface area contributed by atoms with Gasteiger partial charge >= 0.3 is 5.97 Å². The number of piperazine rings is 1. The largest absolute Gasteiger partial charge is 0.468 e. The first kappa shape index (κ1) is 12.3. The summed E-state index contributed by atoms with van der Waals surface area (Å²) in [5, 5.41) is 11.8. The molecule has 1 saturated heterocycles. The van der Waals surface area contributed by atoms with Crippen LogP contribution in [0, 0.1) is 11.3 Å². The zero-order chi connectivity index (χ0) is 13.0. The van der Waals surface area contributed by atoms with Crippen LogP contribution in [0.25, 0.3) is 0 Å². The van der Waals surface area contributed by atoms with E-state index in [-0.39, 0.29) is 12.0 Å². The highest BCUT2D eigenvalue weighted by Gasteiger charge is 2.26. The summed E-state index contributed by atoms with van der Waals surface area (Å²) in [7, 11) is 1.38. The van der Waals surface area contributed by atoms with Crippen LogP contribution in [0.2, 0.25) is 0 Å². The number of carbonyl (C=O) groups excluding carboxylic acids is 1. The molecule has 1 aliphatic heterocycles. The van der Waals surface area contributed by atoms with Crippen molar-refractivity contribution in [3.63, 3.8) is 0 Å². The number of ether oxygens (including phenoxy) is 1. The summed E-state index contributed by atoms with van der Waals surface area (Å²) in [4.78, 5) is 17.7.